The SMILES string of the molecule is O=C(Nc1nn[nH]n1)[C@H]1CCCO1. The Balaban J connectivity index is 1.91. The Hall–Kier alpha value is -1.50. The first-order chi connectivity index (χ1) is 6.36. The van der Waals surface area contributed by atoms with Crippen molar-refractivity contribution in [1.29, 1.82) is 0 Å². The summed E-state index contributed by atoms with van der Waals surface area (Å²) in [5.74, 6) is -0.0283. The molecule has 1 aromatic rings. The van der Waals surface area contributed by atoms with Gasteiger partial charge in [-0.3, -0.25) is 10.1 Å². The number of nitrogens with zero attached hydrogens (tertiary/aromatic N) is 3. The topological polar surface area (TPSA) is 92.8 Å². The van der Waals surface area contributed by atoms with Crippen molar-refractivity contribution in [2.24, 2.45) is 0 Å². The van der Waals surface area contributed by atoms with Crippen LogP contribution in [-0.2, 0) is 9.53 Å². The molecule has 13 heavy (non-hydrogen) atoms. The van der Waals surface area contributed by atoms with Crippen LogP contribution in [-0.4, -0.2) is 39.2 Å². The molecular weight excluding hydrogens is 174 g/mol. The highest BCUT2D eigenvalue weighted by molar-refractivity contribution is 5.92. The summed E-state index contributed by atoms with van der Waals surface area (Å²) in [4.78, 5) is 11.4. The normalized spacial score (nSPS) is 21.7. The lowest BCUT2D eigenvalue weighted by molar-refractivity contribution is -0.124. The Bertz CT molecular complexity index is 279. The summed E-state index contributed by atoms with van der Waals surface area (Å²) in [7, 11) is 0. The molecule has 0 bridgehead atoms. The van der Waals surface area contributed by atoms with Crippen LogP contribution in [0.25, 0.3) is 0 Å². The fraction of sp³-hybridized carbons (Fsp3) is 0.667. The van der Waals surface area contributed by atoms with Crippen molar-refractivity contribution in [2.45, 2.75) is 18.9 Å². The Kier molecular flexibility index (Phi) is 2.17. The second kappa shape index (κ2) is 3.48. The molecule has 1 atom stereocenters. The number of ether oxygens (including phenoxy) is 1. The molecule has 2 rings (SSSR count). The Morgan fingerprint density at radius 3 is 3.23 bits per heavy atom. The lowest BCUT2D eigenvalue weighted by atomic mass is 10.2. The number of carbonyl (C=O) groups excluding carboxylic acids is 1. The third kappa shape index (κ3) is 1.81. The van der Waals surface area contributed by atoms with Gasteiger partial charge in [-0.25, -0.2) is 0 Å². The van der Waals surface area contributed by atoms with Gasteiger partial charge in [0.15, 0.2) is 0 Å². The fourth-order valence-corrected chi connectivity index (χ4v) is 1.19. The van der Waals surface area contributed by atoms with Gasteiger partial charge in [-0.2, -0.15) is 5.21 Å². The summed E-state index contributed by atoms with van der Waals surface area (Å²) in [5, 5.41) is 15.2. The number of carbonyl (C=O) groups is 1. The Morgan fingerprint density at radius 2 is 2.62 bits per heavy atom. The number of anilines is 1. The molecule has 1 amide bonds. The molecule has 0 aliphatic carbocycles. The fourth-order valence-electron chi connectivity index (χ4n) is 1.19. The van der Waals surface area contributed by atoms with Crippen LogP contribution in [0.15, 0.2) is 0 Å². The first-order valence-electron chi connectivity index (χ1n) is 4.02. The van der Waals surface area contributed by atoms with Gasteiger partial charge in [0.05, 0.1) is 0 Å². The van der Waals surface area contributed by atoms with Crippen LogP contribution in [0.1, 0.15) is 12.8 Å². The number of nitrogens with one attached hydrogen (secondary N) is 2. The third-order valence-electron chi connectivity index (χ3n) is 1.80. The molecule has 1 aromatic heterocycles. The van der Waals surface area contributed by atoms with E-state index in [1.165, 1.54) is 0 Å². The standard InChI is InChI=1S/C6H9N5O2/c12-5(4-2-1-3-13-4)7-6-8-10-11-9-6/h4H,1-3H2,(H2,7,8,9,10,11,12)/t4-/m1/s1. The number of amides is 1. The Morgan fingerprint density at radius 1 is 1.69 bits per heavy atom. The minimum atomic E-state index is -0.363. The zero-order valence-electron chi connectivity index (χ0n) is 6.86. The van der Waals surface area contributed by atoms with Crippen molar-refractivity contribution < 1.29 is 9.53 Å². The van der Waals surface area contributed by atoms with Crippen molar-refractivity contribution >= 4 is 11.9 Å². The van der Waals surface area contributed by atoms with Crippen molar-refractivity contribution in [1.82, 2.24) is 20.6 Å². The highest BCUT2D eigenvalue weighted by atomic mass is 16.5. The van der Waals surface area contributed by atoms with Crippen LogP contribution in [0.2, 0.25) is 0 Å². The van der Waals surface area contributed by atoms with Crippen molar-refractivity contribution in [3.8, 4) is 0 Å². The number of hydrogen-bond donors (Lipinski definition) is 2. The molecule has 70 valence electrons. The van der Waals surface area contributed by atoms with E-state index in [4.69, 9.17) is 4.74 Å². The quantitative estimate of drug-likeness (QED) is 0.633. The van der Waals surface area contributed by atoms with E-state index in [-0.39, 0.29) is 18.0 Å². The van der Waals surface area contributed by atoms with E-state index in [1.807, 2.05) is 0 Å². The number of aromatic amines is 1. The lowest BCUT2D eigenvalue weighted by Crippen LogP contribution is -2.27. The first-order valence-corrected chi connectivity index (χ1v) is 4.02. The number of aromatic nitrogens is 4. The van der Waals surface area contributed by atoms with E-state index in [2.05, 4.69) is 25.9 Å². The van der Waals surface area contributed by atoms with E-state index in [0.717, 1.165) is 12.8 Å². The molecule has 1 aliphatic heterocycles. The highest BCUT2D eigenvalue weighted by Gasteiger charge is 2.24. The molecule has 2 heterocycles. The molecular formula is C6H9N5O2. The summed E-state index contributed by atoms with van der Waals surface area (Å²) >= 11 is 0. The predicted molar refractivity (Wildman–Crippen MR) is 41.8 cm³/mol. The molecule has 7 heteroatoms. The number of hydrogen-bond acceptors (Lipinski definition) is 5. The monoisotopic (exact) mass is 183 g/mol. The van der Waals surface area contributed by atoms with Gasteiger partial charge < -0.3 is 4.74 Å². The summed E-state index contributed by atoms with van der Waals surface area (Å²) in [6.07, 6.45) is 1.31. The predicted octanol–water partition coefficient (Wildman–Crippen LogP) is -0.683. The Labute approximate surface area is 73.8 Å². The third-order valence-corrected chi connectivity index (χ3v) is 1.80. The molecule has 0 spiro atoms. The summed E-state index contributed by atoms with van der Waals surface area (Å²) in [6, 6.07) is 0. The van der Waals surface area contributed by atoms with Gasteiger partial charge in [0.25, 0.3) is 11.9 Å². The van der Waals surface area contributed by atoms with E-state index in [1.54, 1.807) is 0 Å². The molecule has 0 unspecified atom stereocenters. The molecule has 1 aliphatic rings. The zero-order valence-corrected chi connectivity index (χ0v) is 6.86. The van der Waals surface area contributed by atoms with Gasteiger partial charge >= 0.3 is 0 Å². The maximum atomic E-state index is 11.4. The van der Waals surface area contributed by atoms with Crippen molar-refractivity contribution in [3.05, 3.63) is 0 Å². The van der Waals surface area contributed by atoms with Gasteiger partial charge in [-0.15, -0.1) is 5.10 Å². The van der Waals surface area contributed by atoms with Gasteiger partial charge in [0, 0.05) is 6.61 Å². The average molecular weight is 183 g/mol. The first kappa shape index (κ1) is 8.11. The number of H-pyrrole nitrogens is 1. The van der Waals surface area contributed by atoms with E-state index in [0.29, 0.717) is 6.61 Å². The smallest absolute Gasteiger partial charge is 0.269 e. The van der Waals surface area contributed by atoms with Crippen LogP contribution in [0, 0.1) is 0 Å². The van der Waals surface area contributed by atoms with E-state index < -0.39 is 0 Å². The van der Waals surface area contributed by atoms with Crippen LogP contribution in [0.4, 0.5) is 5.95 Å². The second-order valence-electron chi connectivity index (χ2n) is 2.73. The minimum Gasteiger partial charge on any atom is -0.368 e. The van der Waals surface area contributed by atoms with Crippen molar-refractivity contribution in [2.75, 3.05) is 11.9 Å². The zero-order chi connectivity index (χ0) is 9.10. The molecule has 7 nitrogen and oxygen atoms in total. The van der Waals surface area contributed by atoms with Gasteiger partial charge in [0.1, 0.15) is 6.10 Å². The summed E-state index contributed by atoms with van der Waals surface area (Å²) < 4.78 is 5.17. The molecule has 0 radical (unpaired) electrons. The number of tetrazole rings is 1. The summed E-state index contributed by atoms with van der Waals surface area (Å²) in [5.41, 5.74) is 0. The van der Waals surface area contributed by atoms with Gasteiger partial charge in [-0.05, 0) is 18.1 Å². The van der Waals surface area contributed by atoms with Crippen LogP contribution >= 0.6 is 0 Å². The average Bonchev–Trinajstić information content (AvgIpc) is 2.74. The number of rotatable bonds is 2. The maximum Gasteiger partial charge on any atom is 0.269 e. The van der Waals surface area contributed by atoms with Gasteiger partial charge in [0.2, 0.25) is 0 Å². The molecule has 0 saturated carbocycles. The van der Waals surface area contributed by atoms with Crippen LogP contribution in [0.5, 0.6) is 0 Å². The maximum absolute atomic E-state index is 11.4. The molecule has 1 fully saturated rings. The molecule has 2 N–H and O–H groups in total. The van der Waals surface area contributed by atoms with E-state index >= 15 is 0 Å². The molecule has 1 saturated heterocycles. The van der Waals surface area contributed by atoms with Crippen molar-refractivity contribution in [3.63, 3.8) is 0 Å². The second-order valence-corrected chi connectivity index (χ2v) is 2.73. The molecule has 0 aromatic carbocycles. The highest BCUT2D eigenvalue weighted by Crippen LogP contribution is 2.12. The van der Waals surface area contributed by atoms with Crippen LogP contribution < -0.4 is 5.32 Å². The van der Waals surface area contributed by atoms with Crippen LogP contribution in [0.3, 0.4) is 0 Å². The summed E-state index contributed by atoms with van der Waals surface area (Å²) in [6.45, 7) is 0.643. The van der Waals surface area contributed by atoms with Gasteiger partial charge in [-0.1, -0.05) is 5.10 Å². The lowest BCUT2D eigenvalue weighted by Gasteiger charge is -2.06. The largest absolute Gasteiger partial charge is 0.368 e. The minimum absolute atomic E-state index is 0.181. The van der Waals surface area contributed by atoms with E-state index in [9.17, 15) is 4.79 Å².